The van der Waals surface area contributed by atoms with Gasteiger partial charge in [-0.3, -0.25) is 4.98 Å². The predicted octanol–water partition coefficient (Wildman–Crippen LogP) is 1.57. The minimum atomic E-state index is -0.466. The van der Waals surface area contributed by atoms with Crippen molar-refractivity contribution in [3.63, 3.8) is 0 Å². The number of nitrogens with two attached hydrogens (primary N) is 1. The summed E-state index contributed by atoms with van der Waals surface area (Å²) in [4.78, 5) is 15.8. The van der Waals surface area contributed by atoms with Crippen LogP contribution in [0.1, 0.15) is 12.8 Å². The van der Waals surface area contributed by atoms with E-state index < -0.39 is 5.76 Å². The molecule has 20 heavy (non-hydrogen) atoms. The SMILES string of the molecule is CN(CCOCC1CC1)c1cc2[nH]c(=O)oc2cc1N. The van der Waals surface area contributed by atoms with Crippen LogP contribution < -0.4 is 16.4 Å². The molecule has 108 valence electrons. The summed E-state index contributed by atoms with van der Waals surface area (Å²) >= 11 is 0. The fourth-order valence-electron chi connectivity index (χ4n) is 2.19. The molecule has 0 bridgehead atoms. The number of nitrogens with one attached hydrogen (secondary N) is 1. The zero-order valence-electron chi connectivity index (χ0n) is 11.5. The first-order chi connectivity index (χ1) is 9.63. The second kappa shape index (κ2) is 5.20. The molecule has 2 aromatic rings. The number of hydrogen-bond donors (Lipinski definition) is 2. The Hall–Kier alpha value is -1.95. The van der Waals surface area contributed by atoms with Crippen molar-refractivity contribution in [2.45, 2.75) is 12.8 Å². The first kappa shape index (κ1) is 13.1. The van der Waals surface area contributed by atoms with Crippen LogP contribution in [0.5, 0.6) is 0 Å². The maximum atomic E-state index is 11.2. The number of benzene rings is 1. The fourth-order valence-corrected chi connectivity index (χ4v) is 2.19. The number of aromatic nitrogens is 1. The van der Waals surface area contributed by atoms with E-state index in [1.807, 2.05) is 18.0 Å². The highest BCUT2D eigenvalue weighted by Crippen LogP contribution is 2.29. The van der Waals surface area contributed by atoms with Crippen molar-refractivity contribution in [1.29, 1.82) is 0 Å². The van der Waals surface area contributed by atoms with E-state index in [1.165, 1.54) is 12.8 Å². The van der Waals surface area contributed by atoms with Gasteiger partial charge in [-0.15, -0.1) is 0 Å². The minimum absolute atomic E-state index is 0.466. The van der Waals surface area contributed by atoms with Gasteiger partial charge < -0.3 is 19.8 Å². The van der Waals surface area contributed by atoms with Gasteiger partial charge in [0, 0.05) is 26.3 Å². The summed E-state index contributed by atoms with van der Waals surface area (Å²) in [5.74, 6) is 0.310. The number of aromatic amines is 1. The van der Waals surface area contributed by atoms with Gasteiger partial charge in [0.05, 0.1) is 23.5 Å². The molecule has 1 fully saturated rings. The fraction of sp³-hybridized carbons (Fsp3) is 0.500. The number of nitrogen functional groups attached to an aromatic ring is 1. The predicted molar refractivity (Wildman–Crippen MR) is 78.1 cm³/mol. The van der Waals surface area contributed by atoms with E-state index in [-0.39, 0.29) is 0 Å². The number of hydrogen-bond acceptors (Lipinski definition) is 5. The molecule has 1 aromatic carbocycles. The Morgan fingerprint density at radius 3 is 3.05 bits per heavy atom. The normalized spacial score (nSPS) is 14.8. The molecule has 0 radical (unpaired) electrons. The number of nitrogens with zero attached hydrogens (tertiary/aromatic N) is 1. The van der Waals surface area contributed by atoms with Crippen LogP contribution >= 0.6 is 0 Å². The maximum Gasteiger partial charge on any atom is 0.417 e. The van der Waals surface area contributed by atoms with Crippen LogP contribution in [0, 0.1) is 5.92 Å². The molecular formula is C14H19N3O3. The molecule has 0 aliphatic heterocycles. The first-order valence-electron chi connectivity index (χ1n) is 6.84. The number of oxazole rings is 1. The zero-order chi connectivity index (χ0) is 14.1. The summed E-state index contributed by atoms with van der Waals surface area (Å²) in [5.41, 5.74) is 8.59. The van der Waals surface area contributed by atoms with Crippen LogP contribution in [0.25, 0.3) is 11.1 Å². The van der Waals surface area contributed by atoms with Crippen LogP contribution in [-0.2, 0) is 4.74 Å². The van der Waals surface area contributed by atoms with Crippen molar-refractivity contribution in [2.24, 2.45) is 5.92 Å². The van der Waals surface area contributed by atoms with Crippen LogP contribution in [0.15, 0.2) is 21.3 Å². The molecule has 0 spiro atoms. The number of fused-ring (bicyclic) bond motifs is 1. The average Bonchev–Trinajstić information content (AvgIpc) is 3.15. The summed E-state index contributed by atoms with van der Waals surface area (Å²) in [6.07, 6.45) is 2.60. The maximum absolute atomic E-state index is 11.2. The van der Waals surface area contributed by atoms with E-state index in [2.05, 4.69) is 4.98 Å². The lowest BCUT2D eigenvalue weighted by Gasteiger charge is -2.21. The standard InChI is InChI=1S/C14H19N3O3/c1-17(4-5-19-8-9-2-3-9)12-7-11-13(6-10(12)15)20-14(18)16-11/h6-7,9H,2-5,8,15H2,1H3,(H,16,18). The van der Waals surface area contributed by atoms with E-state index in [1.54, 1.807) is 6.07 Å². The minimum Gasteiger partial charge on any atom is -0.408 e. The summed E-state index contributed by atoms with van der Waals surface area (Å²) in [6, 6.07) is 3.50. The Kier molecular flexibility index (Phi) is 3.40. The van der Waals surface area contributed by atoms with Crippen LogP contribution in [0.2, 0.25) is 0 Å². The third-order valence-corrected chi connectivity index (χ3v) is 3.60. The Labute approximate surface area is 116 Å². The van der Waals surface area contributed by atoms with Crippen LogP contribution in [0.3, 0.4) is 0 Å². The van der Waals surface area contributed by atoms with E-state index >= 15 is 0 Å². The summed E-state index contributed by atoms with van der Waals surface area (Å²) in [7, 11) is 1.95. The van der Waals surface area contributed by atoms with E-state index in [4.69, 9.17) is 14.9 Å². The molecule has 0 unspecified atom stereocenters. The van der Waals surface area contributed by atoms with Gasteiger partial charge in [-0.25, -0.2) is 4.79 Å². The molecule has 6 heteroatoms. The summed E-state index contributed by atoms with van der Waals surface area (Å²) < 4.78 is 10.6. The zero-order valence-corrected chi connectivity index (χ0v) is 11.5. The van der Waals surface area contributed by atoms with Crippen molar-refractivity contribution in [3.05, 3.63) is 22.7 Å². The van der Waals surface area contributed by atoms with Crippen molar-refractivity contribution in [3.8, 4) is 0 Å². The van der Waals surface area contributed by atoms with Crippen molar-refractivity contribution < 1.29 is 9.15 Å². The molecule has 0 atom stereocenters. The topological polar surface area (TPSA) is 84.5 Å². The second-order valence-electron chi connectivity index (χ2n) is 5.36. The van der Waals surface area contributed by atoms with E-state index in [9.17, 15) is 4.79 Å². The van der Waals surface area contributed by atoms with E-state index in [0.29, 0.717) is 23.4 Å². The Bertz CT molecular complexity index is 657. The molecule has 1 aromatic heterocycles. The Balaban J connectivity index is 1.67. The molecule has 3 rings (SSSR count). The average molecular weight is 277 g/mol. The number of likely N-dealkylation sites (N-methyl/N-ethyl adjacent to an activating group) is 1. The van der Waals surface area contributed by atoms with Gasteiger partial charge in [0.25, 0.3) is 0 Å². The summed E-state index contributed by atoms with van der Waals surface area (Å²) in [5, 5.41) is 0. The van der Waals surface area contributed by atoms with Gasteiger partial charge in [0.2, 0.25) is 0 Å². The summed E-state index contributed by atoms with van der Waals surface area (Å²) in [6.45, 7) is 2.29. The molecule has 3 N–H and O–H groups in total. The van der Waals surface area contributed by atoms with Gasteiger partial charge in [-0.2, -0.15) is 0 Å². The van der Waals surface area contributed by atoms with Gasteiger partial charge in [0.1, 0.15) is 0 Å². The Morgan fingerprint density at radius 2 is 2.30 bits per heavy atom. The second-order valence-corrected chi connectivity index (χ2v) is 5.36. The highest BCUT2D eigenvalue weighted by molar-refractivity contribution is 5.85. The first-order valence-corrected chi connectivity index (χ1v) is 6.84. The lowest BCUT2D eigenvalue weighted by Crippen LogP contribution is -2.23. The number of ether oxygens (including phenoxy) is 1. The molecule has 6 nitrogen and oxygen atoms in total. The van der Waals surface area contributed by atoms with Gasteiger partial charge in [-0.05, 0) is 24.8 Å². The highest BCUT2D eigenvalue weighted by Gasteiger charge is 2.21. The quantitative estimate of drug-likeness (QED) is 0.618. The monoisotopic (exact) mass is 277 g/mol. The molecule has 1 aliphatic rings. The van der Waals surface area contributed by atoms with Crippen molar-refractivity contribution in [2.75, 3.05) is 37.4 Å². The van der Waals surface area contributed by atoms with Gasteiger partial charge in [-0.1, -0.05) is 0 Å². The molecule has 1 aliphatic carbocycles. The molecule has 0 amide bonds. The lowest BCUT2D eigenvalue weighted by molar-refractivity contribution is 0.131. The highest BCUT2D eigenvalue weighted by atomic mass is 16.5. The smallest absolute Gasteiger partial charge is 0.408 e. The van der Waals surface area contributed by atoms with Gasteiger partial charge >= 0.3 is 5.76 Å². The molecule has 1 heterocycles. The third-order valence-electron chi connectivity index (χ3n) is 3.60. The molecular weight excluding hydrogens is 258 g/mol. The van der Waals surface area contributed by atoms with E-state index in [0.717, 1.165) is 24.8 Å². The molecule has 1 saturated carbocycles. The lowest BCUT2D eigenvalue weighted by atomic mass is 10.2. The number of anilines is 2. The van der Waals surface area contributed by atoms with Crippen molar-refractivity contribution in [1.82, 2.24) is 4.98 Å². The van der Waals surface area contributed by atoms with Crippen LogP contribution in [0.4, 0.5) is 11.4 Å². The molecule has 0 saturated heterocycles. The van der Waals surface area contributed by atoms with Gasteiger partial charge in [0.15, 0.2) is 5.58 Å². The Morgan fingerprint density at radius 1 is 1.50 bits per heavy atom. The third kappa shape index (κ3) is 2.80. The van der Waals surface area contributed by atoms with Crippen LogP contribution in [-0.4, -0.2) is 31.8 Å². The van der Waals surface area contributed by atoms with Crippen molar-refractivity contribution >= 4 is 22.5 Å². The largest absolute Gasteiger partial charge is 0.417 e. The number of rotatable bonds is 6. The number of H-pyrrole nitrogens is 1.